The minimum absolute atomic E-state index is 0.0594. The van der Waals surface area contributed by atoms with Gasteiger partial charge in [-0.2, -0.15) is 0 Å². The number of ether oxygens (including phenoxy) is 3. The molecule has 0 saturated carbocycles. The van der Waals surface area contributed by atoms with Crippen molar-refractivity contribution in [1.29, 1.82) is 0 Å². The summed E-state index contributed by atoms with van der Waals surface area (Å²) in [4.78, 5) is 15.3. The van der Waals surface area contributed by atoms with Crippen molar-refractivity contribution in [1.82, 2.24) is 15.8 Å². The Bertz CT molecular complexity index is 948. The van der Waals surface area contributed by atoms with Crippen molar-refractivity contribution in [3.63, 3.8) is 0 Å². The number of para-hydroxylation sites is 1. The molecule has 0 bridgehead atoms. The normalized spacial score (nSPS) is 24.8. The number of rotatable bonds is 3. The van der Waals surface area contributed by atoms with E-state index in [0.717, 1.165) is 29.0 Å². The minimum atomic E-state index is -0.310. The number of nitrogens with one attached hydrogen (secondary N) is 2. The van der Waals surface area contributed by atoms with Crippen molar-refractivity contribution < 1.29 is 19.0 Å². The van der Waals surface area contributed by atoms with Gasteiger partial charge in [0.2, 0.25) is 5.91 Å². The summed E-state index contributed by atoms with van der Waals surface area (Å²) in [6.45, 7) is 1.78. The van der Waals surface area contributed by atoms with Crippen molar-refractivity contribution >= 4 is 5.91 Å². The van der Waals surface area contributed by atoms with Crippen LogP contribution in [0, 0.1) is 5.92 Å². The van der Waals surface area contributed by atoms with Gasteiger partial charge in [0.25, 0.3) is 0 Å². The quantitative estimate of drug-likeness (QED) is 0.826. The molecule has 1 fully saturated rings. The molecule has 2 aromatic carbocycles. The summed E-state index contributed by atoms with van der Waals surface area (Å²) in [5.74, 6) is 2.48. The first-order valence-corrected chi connectivity index (χ1v) is 9.95. The molecule has 3 unspecified atom stereocenters. The van der Waals surface area contributed by atoms with E-state index < -0.39 is 0 Å². The van der Waals surface area contributed by atoms with Crippen LogP contribution in [0.2, 0.25) is 0 Å². The van der Waals surface area contributed by atoms with E-state index in [4.69, 9.17) is 14.2 Å². The summed E-state index contributed by atoms with van der Waals surface area (Å²) in [5, 5.41) is 0. The predicted octanol–water partition coefficient (Wildman–Crippen LogP) is 1.81. The maximum absolute atomic E-state index is 13.4. The second-order valence-electron chi connectivity index (χ2n) is 7.74. The fourth-order valence-corrected chi connectivity index (χ4v) is 4.65. The summed E-state index contributed by atoms with van der Waals surface area (Å²) in [6, 6.07) is 11.8. The molecule has 2 aromatic rings. The molecule has 1 saturated heterocycles. The standard InChI is InChI=1S/C22H25N3O4/c1-27-18-9-13-7-8-25(11-14(13)10-19(18)28-2)22(26)21-16-12-29-17-6-4-3-5-15(17)20(16)23-24-21/h3-6,9-10,16,20-21,23-24H,7-8,11-12H2,1-2H3. The zero-order valence-electron chi connectivity index (χ0n) is 16.6. The first-order chi connectivity index (χ1) is 14.2. The van der Waals surface area contributed by atoms with Crippen LogP contribution in [-0.4, -0.2) is 44.2 Å². The van der Waals surface area contributed by atoms with E-state index in [1.165, 1.54) is 5.56 Å². The lowest BCUT2D eigenvalue weighted by molar-refractivity contribution is -0.135. The number of carbonyl (C=O) groups is 1. The molecule has 3 atom stereocenters. The molecule has 0 aromatic heterocycles. The molecule has 7 nitrogen and oxygen atoms in total. The lowest BCUT2D eigenvalue weighted by Gasteiger charge is -2.34. The minimum Gasteiger partial charge on any atom is -0.493 e. The van der Waals surface area contributed by atoms with E-state index in [2.05, 4.69) is 16.9 Å². The molecule has 0 radical (unpaired) electrons. The molecule has 1 amide bonds. The average molecular weight is 395 g/mol. The molecule has 29 heavy (non-hydrogen) atoms. The topological polar surface area (TPSA) is 72.1 Å². The molecule has 7 heteroatoms. The monoisotopic (exact) mass is 395 g/mol. The van der Waals surface area contributed by atoms with Gasteiger partial charge in [-0.05, 0) is 35.7 Å². The third-order valence-corrected chi connectivity index (χ3v) is 6.23. The molecule has 3 aliphatic heterocycles. The molecular formula is C22H25N3O4. The van der Waals surface area contributed by atoms with Crippen LogP contribution in [0.5, 0.6) is 17.2 Å². The van der Waals surface area contributed by atoms with Crippen LogP contribution in [0.3, 0.4) is 0 Å². The number of carbonyl (C=O) groups excluding carboxylic acids is 1. The van der Waals surface area contributed by atoms with Crippen LogP contribution < -0.4 is 25.1 Å². The van der Waals surface area contributed by atoms with Crippen molar-refractivity contribution in [2.75, 3.05) is 27.4 Å². The van der Waals surface area contributed by atoms with Crippen molar-refractivity contribution in [3.8, 4) is 17.2 Å². The van der Waals surface area contributed by atoms with Gasteiger partial charge in [-0.25, -0.2) is 10.9 Å². The maximum Gasteiger partial charge on any atom is 0.241 e. The van der Waals surface area contributed by atoms with E-state index in [9.17, 15) is 4.79 Å². The van der Waals surface area contributed by atoms with Crippen molar-refractivity contribution in [3.05, 3.63) is 53.1 Å². The molecule has 3 aliphatic rings. The van der Waals surface area contributed by atoms with Gasteiger partial charge in [0, 0.05) is 24.6 Å². The van der Waals surface area contributed by atoms with Gasteiger partial charge in [-0.15, -0.1) is 0 Å². The number of hydrogen-bond donors (Lipinski definition) is 2. The average Bonchev–Trinajstić information content (AvgIpc) is 3.21. The van der Waals surface area contributed by atoms with Gasteiger partial charge in [-0.1, -0.05) is 18.2 Å². The zero-order valence-corrected chi connectivity index (χ0v) is 16.6. The Kier molecular flexibility index (Phi) is 4.56. The van der Waals surface area contributed by atoms with Crippen molar-refractivity contribution in [2.24, 2.45) is 5.92 Å². The predicted molar refractivity (Wildman–Crippen MR) is 107 cm³/mol. The summed E-state index contributed by atoms with van der Waals surface area (Å²) in [7, 11) is 3.27. The Labute approximate surface area is 169 Å². The van der Waals surface area contributed by atoms with Crippen LogP contribution in [0.25, 0.3) is 0 Å². The molecular weight excluding hydrogens is 370 g/mol. The Morgan fingerprint density at radius 2 is 1.86 bits per heavy atom. The second-order valence-corrected chi connectivity index (χ2v) is 7.74. The first-order valence-electron chi connectivity index (χ1n) is 9.95. The van der Waals surface area contributed by atoms with Crippen molar-refractivity contribution in [2.45, 2.75) is 25.0 Å². The van der Waals surface area contributed by atoms with E-state index >= 15 is 0 Å². The van der Waals surface area contributed by atoms with E-state index in [0.29, 0.717) is 25.4 Å². The highest BCUT2D eigenvalue weighted by atomic mass is 16.5. The SMILES string of the molecule is COc1cc2c(cc1OC)CN(C(=O)C1NNC3c4ccccc4OCC13)CC2. The summed E-state index contributed by atoms with van der Waals surface area (Å²) < 4.78 is 16.8. The van der Waals surface area contributed by atoms with Crippen LogP contribution in [-0.2, 0) is 17.8 Å². The fraction of sp³-hybridized carbons (Fsp3) is 0.409. The zero-order chi connectivity index (χ0) is 20.0. The van der Waals surface area contributed by atoms with Crippen LogP contribution >= 0.6 is 0 Å². The largest absolute Gasteiger partial charge is 0.493 e. The Hall–Kier alpha value is -2.77. The van der Waals surface area contributed by atoms with Gasteiger partial charge in [0.1, 0.15) is 11.8 Å². The molecule has 2 N–H and O–H groups in total. The highest BCUT2D eigenvalue weighted by Gasteiger charge is 2.46. The lowest BCUT2D eigenvalue weighted by atomic mass is 9.87. The maximum atomic E-state index is 13.4. The first kappa shape index (κ1) is 18.3. The smallest absolute Gasteiger partial charge is 0.241 e. The Morgan fingerprint density at radius 3 is 2.66 bits per heavy atom. The van der Waals surface area contributed by atoms with Crippen LogP contribution in [0.15, 0.2) is 36.4 Å². The fourth-order valence-electron chi connectivity index (χ4n) is 4.65. The number of hydrogen-bond acceptors (Lipinski definition) is 6. The summed E-state index contributed by atoms with van der Waals surface area (Å²) in [6.07, 6.45) is 0.801. The lowest BCUT2D eigenvalue weighted by Crippen LogP contribution is -2.50. The van der Waals surface area contributed by atoms with Gasteiger partial charge in [0.15, 0.2) is 11.5 Å². The highest BCUT2D eigenvalue weighted by molar-refractivity contribution is 5.83. The third kappa shape index (κ3) is 3.01. The van der Waals surface area contributed by atoms with Gasteiger partial charge in [-0.3, -0.25) is 4.79 Å². The molecule has 152 valence electrons. The molecule has 0 spiro atoms. The van der Waals surface area contributed by atoms with E-state index in [-0.39, 0.29) is 23.9 Å². The Balaban J connectivity index is 1.35. The molecule has 0 aliphatic carbocycles. The second kappa shape index (κ2) is 7.24. The number of benzene rings is 2. The van der Waals surface area contributed by atoms with Crippen LogP contribution in [0.1, 0.15) is 22.7 Å². The number of methoxy groups -OCH3 is 2. The molecule has 3 heterocycles. The number of amides is 1. The Morgan fingerprint density at radius 1 is 1.10 bits per heavy atom. The van der Waals surface area contributed by atoms with Gasteiger partial charge >= 0.3 is 0 Å². The third-order valence-electron chi connectivity index (χ3n) is 6.23. The van der Waals surface area contributed by atoms with E-state index in [1.807, 2.05) is 35.2 Å². The van der Waals surface area contributed by atoms with Crippen LogP contribution in [0.4, 0.5) is 0 Å². The number of hydrazine groups is 1. The van der Waals surface area contributed by atoms with Gasteiger partial charge < -0.3 is 19.1 Å². The molecule has 5 rings (SSSR count). The summed E-state index contributed by atoms with van der Waals surface area (Å²) in [5.41, 5.74) is 9.97. The number of nitrogens with zero attached hydrogens (tertiary/aromatic N) is 1. The van der Waals surface area contributed by atoms with Gasteiger partial charge in [0.05, 0.1) is 26.9 Å². The number of fused-ring (bicyclic) bond motifs is 4. The summed E-state index contributed by atoms with van der Waals surface area (Å²) >= 11 is 0. The van der Waals surface area contributed by atoms with E-state index in [1.54, 1.807) is 14.2 Å². The highest BCUT2D eigenvalue weighted by Crippen LogP contribution is 2.40.